The average Bonchev–Trinajstić information content (AvgIpc) is 2.81. The molecule has 0 unspecified atom stereocenters. The van der Waals surface area contributed by atoms with Gasteiger partial charge in [-0.2, -0.15) is 0 Å². The van der Waals surface area contributed by atoms with Gasteiger partial charge in [0.2, 0.25) is 0 Å². The topological polar surface area (TPSA) is 113 Å². The van der Waals surface area contributed by atoms with Gasteiger partial charge in [-0.1, -0.05) is 17.7 Å². The number of urea groups is 1. The summed E-state index contributed by atoms with van der Waals surface area (Å²) in [5.41, 5.74) is 11.2. The number of hydrogen-bond acceptors (Lipinski definition) is 5. The SMILES string of the molecule is COc1cc2c(cc1OC)-c1cc(=Nc3ccc(C)cc3C)n(CCNC(N)=O)c(=O)n1CC2. The van der Waals surface area contributed by atoms with E-state index in [1.807, 2.05) is 44.2 Å². The molecule has 2 heterocycles. The highest BCUT2D eigenvalue weighted by Crippen LogP contribution is 2.37. The standard InChI is InChI=1S/C25H29N5O4/c1-15-5-6-19(16(2)11-15)28-23-14-20-18-13-22(34-4)21(33-3)12-17(18)7-9-29(20)25(32)30(23)10-8-27-24(26)31/h5-6,11-14H,7-10H2,1-4H3,(H3,26,27,31). The van der Waals surface area contributed by atoms with Crippen molar-refractivity contribution in [2.45, 2.75) is 33.4 Å². The molecule has 1 aliphatic rings. The van der Waals surface area contributed by atoms with E-state index in [9.17, 15) is 9.59 Å². The van der Waals surface area contributed by atoms with Crippen molar-refractivity contribution in [3.63, 3.8) is 0 Å². The lowest BCUT2D eigenvalue weighted by atomic mass is 9.97. The molecule has 0 radical (unpaired) electrons. The average molecular weight is 464 g/mol. The van der Waals surface area contributed by atoms with Crippen molar-refractivity contribution in [3.8, 4) is 22.8 Å². The molecule has 178 valence electrons. The zero-order valence-electron chi connectivity index (χ0n) is 19.8. The Labute approximate surface area is 197 Å². The van der Waals surface area contributed by atoms with Crippen LogP contribution in [-0.2, 0) is 19.5 Å². The molecular weight excluding hydrogens is 434 g/mol. The van der Waals surface area contributed by atoms with Crippen molar-refractivity contribution < 1.29 is 14.3 Å². The minimum atomic E-state index is -0.638. The van der Waals surface area contributed by atoms with Gasteiger partial charge in [-0.3, -0.25) is 9.13 Å². The maximum atomic E-state index is 13.6. The summed E-state index contributed by atoms with van der Waals surface area (Å²) in [6.45, 7) is 4.98. The number of benzene rings is 2. The van der Waals surface area contributed by atoms with E-state index in [4.69, 9.17) is 20.2 Å². The Hall–Kier alpha value is -4.01. The number of methoxy groups -OCH3 is 2. The predicted octanol–water partition coefficient (Wildman–Crippen LogP) is 2.41. The molecule has 0 atom stereocenters. The van der Waals surface area contributed by atoms with E-state index in [0.29, 0.717) is 30.0 Å². The van der Waals surface area contributed by atoms with Gasteiger partial charge in [0.1, 0.15) is 5.49 Å². The largest absolute Gasteiger partial charge is 0.493 e. The number of primary amides is 1. The second kappa shape index (κ2) is 9.46. The summed E-state index contributed by atoms with van der Waals surface area (Å²) >= 11 is 0. The van der Waals surface area contributed by atoms with Crippen LogP contribution in [0.5, 0.6) is 11.5 Å². The third-order valence-corrected chi connectivity index (χ3v) is 6.01. The molecule has 0 bridgehead atoms. The number of carbonyl (C=O) groups is 1. The van der Waals surface area contributed by atoms with Crippen LogP contribution >= 0.6 is 0 Å². The molecule has 9 heteroatoms. The Bertz CT molecular complexity index is 1390. The number of aromatic nitrogens is 2. The van der Waals surface area contributed by atoms with Crippen LogP contribution in [0.1, 0.15) is 16.7 Å². The van der Waals surface area contributed by atoms with Gasteiger partial charge in [0, 0.05) is 31.3 Å². The van der Waals surface area contributed by atoms with E-state index >= 15 is 0 Å². The molecule has 3 N–H and O–H groups in total. The molecule has 2 amide bonds. The molecule has 9 nitrogen and oxygen atoms in total. The Balaban J connectivity index is 1.95. The maximum Gasteiger partial charge on any atom is 0.330 e. The fraction of sp³-hybridized carbons (Fsp3) is 0.320. The van der Waals surface area contributed by atoms with Crippen LogP contribution in [0.3, 0.4) is 0 Å². The normalized spacial score (nSPS) is 12.6. The molecule has 0 spiro atoms. The summed E-state index contributed by atoms with van der Waals surface area (Å²) in [4.78, 5) is 29.6. The fourth-order valence-electron chi connectivity index (χ4n) is 4.31. The van der Waals surface area contributed by atoms with E-state index in [0.717, 1.165) is 33.6 Å². The van der Waals surface area contributed by atoms with Gasteiger partial charge in [-0.25, -0.2) is 14.6 Å². The second-order valence-corrected chi connectivity index (χ2v) is 8.28. The van der Waals surface area contributed by atoms with Crippen molar-refractivity contribution in [2.24, 2.45) is 10.7 Å². The van der Waals surface area contributed by atoms with Crippen molar-refractivity contribution in [3.05, 3.63) is 69.1 Å². The molecule has 0 saturated carbocycles. The highest BCUT2D eigenvalue weighted by molar-refractivity contribution is 5.71. The number of carbonyl (C=O) groups excluding carboxylic acids is 1. The van der Waals surface area contributed by atoms with E-state index < -0.39 is 6.03 Å². The molecule has 1 aromatic heterocycles. The zero-order valence-corrected chi connectivity index (χ0v) is 19.8. The second-order valence-electron chi connectivity index (χ2n) is 8.28. The number of fused-ring (bicyclic) bond motifs is 3. The first-order chi connectivity index (χ1) is 16.3. The van der Waals surface area contributed by atoms with Crippen molar-refractivity contribution in [2.75, 3.05) is 20.8 Å². The van der Waals surface area contributed by atoms with Crippen molar-refractivity contribution in [1.82, 2.24) is 14.5 Å². The Kier molecular flexibility index (Phi) is 6.45. The Morgan fingerprint density at radius 2 is 1.85 bits per heavy atom. The number of ether oxygens (including phenoxy) is 2. The van der Waals surface area contributed by atoms with Gasteiger partial charge in [0.25, 0.3) is 0 Å². The van der Waals surface area contributed by atoms with Gasteiger partial charge in [0.15, 0.2) is 11.5 Å². The lowest BCUT2D eigenvalue weighted by molar-refractivity contribution is 0.248. The number of nitrogens with zero attached hydrogens (tertiary/aromatic N) is 3. The van der Waals surface area contributed by atoms with Gasteiger partial charge >= 0.3 is 11.7 Å². The van der Waals surface area contributed by atoms with Gasteiger partial charge in [-0.15, -0.1) is 0 Å². The molecule has 1 aliphatic heterocycles. The Morgan fingerprint density at radius 3 is 2.53 bits per heavy atom. The van der Waals surface area contributed by atoms with Crippen LogP contribution in [0, 0.1) is 13.8 Å². The first-order valence-electron chi connectivity index (χ1n) is 11.1. The summed E-state index contributed by atoms with van der Waals surface area (Å²) in [5.74, 6) is 1.25. The van der Waals surface area contributed by atoms with E-state index in [-0.39, 0.29) is 18.8 Å². The van der Waals surface area contributed by atoms with Crippen molar-refractivity contribution >= 4 is 11.7 Å². The molecule has 34 heavy (non-hydrogen) atoms. The highest BCUT2D eigenvalue weighted by atomic mass is 16.5. The van der Waals surface area contributed by atoms with Gasteiger partial charge in [0.05, 0.1) is 25.6 Å². The van der Waals surface area contributed by atoms with Crippen LogP contribution in [0.2, 0.25) is 0 Å². The van der Waals surface area contributed by atoms with E-state index in [1.54, 1.807) is 23.4 Å². The maximum absolute atomic E-state index is 13.6. The fourth-order valence-corrected chi connectivity index (χ4v) is 4.31. The van der Waals surface area contributed by atoms with E-state index in [2.05, 4.69) is 11.4 Å². The zero-order chi connectivity index (χ0) is 24.4. The molecular formula is C25H29N5O4. The van der Waals surface area contributed by atoms with Gasteiger partial charge < -0.3 is 20.5 Å². The van der Waals surface area contributed by atoms with Crippen LogP contribution in [0.4, 0.5) is 10.5 Å². The number of nitrogens with two attached hydrogens (primary N) is 1. The summed E-state index contributed by atoms with van der Waals surface area (Å²) in [5, 5.41) is 2.55. The molecule has 4 rings (SSSR count). The summed E-state index contributed by atoms with van der Waals surface area (Å²) in [6, 6.07) is 11.1. The number of hydrogen-bond donors (Lipinski definition) is 2. The van der Waals surface area contributed by atoms with Crippen LogP contribution in [-0.4, -0.2) is 35.9 Å². The third kappa shape index (κ3) is 4.41. The lowest BCUT2D eigenvalue weighted by Crippen LogP contribution is -2.44. The molecule has 0 aliphatic carbocycles. The summed E-state index contributed by atoms with van der Waals surface area (Å²) in [6.07, 6.45) is 0.676. The third-order valence-electron chi connectivity index (χ3n) is 6.01. The van der Waals surface area contributed by atoms with Crippen molar-refractivity contribution in [1.29, 1.82) is 0 Å². The quantitative estimate of drug-likeness (QED) is 0.584. The first-order valence-corrected chi connectivity index (χ1v) is 11.1. The smallest absolute Gasteiger partial charge is 0.330 e. The predicted molar refractivity (Wildman–Crippen MR) is 130 cm³/mol. The van der Waals surface area contributed by atoms with Crippen LogP contribution in [0.25, 0.3) is 11.3 Å². The monoisotopic (exact) mass is 463 g/mol. The molecule has 0 fully saturated rings. The molecule has 3 aromatic rings. The summed E-state index contributed by atoms with van der Waals surface area (Å²) in [7, 11) is 3.20. The summed E-state index contributed by atoms with van der Waals surface area (Å²) < 4.78 is 14.3. The Morgan fingerprint density at radius 1 is 1.12 bits per heavy atom. The minimum absolute atomic E-state index is 0.201. The van der Waals surface area contributed by atoms with Gasteiger partial charge in [-0.05, 0) is 49.6 Å². The number of amides is 2. The molecule has 2 aromatic carbocycles. The number of rotatable bonds is 6. The minimum Gasteiger partial charge on any atom is -0.493 e. The van der Waals surface area contributed by atoms with Crippen LogP contribution in [0.15, 0.2) is 46.2 Å². The number of nitrogens with one attached hydrogen (secondary N) is 1. The molecule has 0 saturated heterocycles. The lowest BCUT2D eigenvalue weighted by Gasteiger charge is -2.24. The first kappa shape index (κ1) is 23.2. The van der Waals surface area contributed by atoms with Crippen LogP contribution < -0.4 is 31.7 Å². The number of aryl methyl sites for hydroxylation is 3. The highest BCUT2D eigenvalue weighted by Gasteiger charge is 2.22. The van der Waals surface area contributed by atoms with E-state index in [1.165, 1.54) is 0 Å².